The highest BCUT2D eigenvalue weighted by molar-refractivity contribution is 8.17. The second-order valence-corrected chi connectivity index (χ2v) is 16.2. The zero-order valence-corrected chi connectivity index (χ0v) is 27.2. The van der Waals surface area contributed by atoms with Gasteiger partial charge in [0.05, 0.1) is 28.8 Å². The number of piperazine rings is 1. The summed E-state index contributed by atoms with van der Waals surface area (Å²) >= 11 is 0. The molecule has 5 aromatic rings. The number of thiol groups is 1. The molecule has 232 valence electrons. The van der Waals surface area contributed by atoms with Gasteiger partial charge in [-0.25, -0.2) is 8.42 Å². The lowest BCUT2D eigenvalue weighted by Crippen LogP contribution is -2.50. The van der Waals surface area contributed by atoms with Crippen LogP contribution in [-0.4, -0.2) is 60.9 Å². The zero-order chi connectivity index (χ0) is 31.9. The molecule has 1 aliphatic heterocycles. The number of pyridine rings is 1. The number of rotatable bonds is 7. The summed E-state index contributed by atoms with van der Waals surface area (Å²) < 4.78 is 25.7. The summed E-state index contributed by atoms with van der Waals surface area (Å²) in [5.41, 5.74) is 3.53. The number of hydrogen-bond donors (Lipinski definition) is 1. The molecule has 2 fully saturated rings. The molecule has 46 heavy (non-hydrogen) atoms. The van der Waals surface area contributed by atoms with E-state index in [1.54, 1.807) is 11.1 Å². The number of nitriles is 1. The van der Waals surface area contributed by atoms with Gasteiger partial charge in [0, 0.05) is 43.3 Å². The summed E-state index contributed by atoms with van der Waals surface area (Å²) in [6.45, 7) is 1.13. The van der Waals surface area contributed by atoms with Gasteiger partial charge in [0.1, 0.15) is 0 Å². The normalized spacial score (nSPS) is 16.5. The van der Waals surface area contributed by atoms with Crippen molar-refractivity contribution in [3.63, 3.8) is 0 Å². The number of carbonyl (C=O) groups excluding carboxylic acids is 1. The van der Waals surface area contributed by atoms with Gasteiger partial charge in [-0.2, -0.15) is 20.5 Å². The lowest BCUT2D eigenvalue weighted by Gasteiger charge is -2.33. The molecular formula is C37H34N4O3S2. The van der Waals surface area contributed by atoms with Crippen LogP contribution in [0.2, 0.25) is 0 Å². The quantitative estimate of drug-likeness (QED) is 0.200. The molecule has 0 atom stereocenters. The number of amides is 1. The molecule has 0 radical (unpaired) electrons. The first kappa shape index (κ1) is 30.2. The van der Waals surface area contributed by atoms with E-state index in [1.807, 2.05) is 42.5 Å². The summed E-state index contributed by atoms with van der Waals surface area (Å²) in [5, 5.41) is 10.7. The maximum absolute atomic E-state index is 14.2. The van der Waals surface area contributed by atoms with E-state index in [0.717, 1.165) is 45.3 Å². The van der Waals surface area contributed by atoms with E-state index in [1.165, 1.54) is 20.4 Å². The van der Waals surface area contributed by atoms with E-state index >= 15 is 0 Å². The van der Waals surface area contributed by atoms with E-state index in [-0.39, 0.29) is 19.0 Å². The first-order valence-corrected chi connectivity index (χ1v) is 18.6. The molecule has 1 aliphatic carbocycles. The predicted octanol–water partition coefficient (Wildman–Crippen LogP) is 6.65. The number of sulfonamides is 1. The maximum atomic E-state index is 14.2. The highest BCUT2D eigenvalue weighted by atomic mass is 32.2. The summed E-state index contributed by atoms with van der Waals surface area (Å²) in [6.07, 6.45) is 4.58. The molecule has 4 aromatic carbocycles. The summed E-state index contributed by atoms with van der Waals surface area (Å²) in [6, 6.07) is 37.9. The molecule has 2 aliphatic rings. The summed E-state index contributed by atoms with van der Waals surface area (Å²) in [5.74, 6) is -0.170. The number of benzene rings is 4. The van der Waals surface area contributed by atoms with Crippen LogP contribution in [0.1, 0.15) is 28.8 Å². The van der Waals surface area contributed by atoms with Crippen molar-refractivity contribution in [1.29, 1.82) is 5.26 Å². The van der Waals surface area contributed by atoms with Crippen molar-refractivity contribution in [2.24, 2.45) is 0 Å². The minimum absolute atomic E-state index is 0.170. The Morgan fingerprint density at radius 2 is 1.43 bits per heavy atom. The molecule has 0 N–H and O–H groups in total. The smallest absolute Gasteiger partial charge is 0.256 e. The van der Waals surface area contributed by atoms with Gasteiger partial charge >= 0.3 is 0 Å². The zero-order valence-electron chi connectivity index (χ0n) is 25.5. The molecule has 0 unspecified atom stereocenters. The second kappa shape index (κ2) is 12.0. The molecule has 1 aromatic heterocycles. The van der Waals surface area contributed by atoms with Crippen LogP contribution in [0.4, 0.5) is 0 Å². The minimum Gasteiger partial charge on any atom is -0.336 e. The van der Waals surface area contributed by atoms with Crippen LogP contribution < -0.4 is 0 Å². The fourth-order valence-electron chi connectivity index (χ4n) is 6.33. The van der Waals surface area contributed by atoms with Crippen LogP contribution in [-0.2, 0) is 15.4 Å². The number of carbonyl (C=O) groups is 1. The lowest BCUT2D eigenvalue weighted by atomic mass is 9.91. The Labute approximate surface area is 272 Å². The standard InChI is InChI=1S/C37H34N4O3S2/c1-46(43,44)41-22-20-40(21-23-41)36(42)33-25-39-34-17-16-31(45(29-8-4-2-5-9-29)30-10-6-3-7-11-30)24-32(34)35(33)27-12-14-28(15-13-27)37(26-38)18-19-37/h2-17,24-25,45H,18-23H2,1H3. The van der Waals surface area contributed by atoms with Crippen LogP contribution in [0, 0.1) is 11.3 Å². The van der Waals surface area contributed by atoms with Gasteiger partial charge in [-0.1, -0.05) is 60.7 Å². The highest BCUT2D eigenvalue weighted by Crippen LogP contribution is 2.52. The Hall–Kier alpha value is -4.49. The van der Waals surface area contributed by atoms with E-state index in [9.17, 15) is 18.5 Å². The van der Waals surface area contributed by atoms with E-state index in [4.69, 9.17) is 4.98 Å². The Balaban J connectivity index is 1.37. The number of fused-ring (bicyclic) bond motifs is 1. The molecule has 7 nitrogen and oxygen atoms in total. The van der Waals surface area contributed by atoms with Crippen LogP contribution in [0.3, 0.4) is 0 Å². The molecule has 2 heterocycles. The van der Waals surface area contributed by atoms with Crippen molar-refractivity contribution >= 4 is 37.7 Å². The van der Waals surface area contributed by atoms with Crippen LogP contribution in [0.5, 0.6) is 0 Å². The highest BCUT2D eigenvalue weighted by Gasteiger charge is 2.44. The summed E-state index contributed by atoms with van der Waals surface area (Å²) in [4.78, 5) is 24.3. The van der Waals surface area contributed by atoms with Crippen molar-refractivity contribution in [2.75, 3.05) is 32.4 Å². The van der Waals surface area contributed by atoms with Gasteiger partial charge in [0.25, 0.3) is 5.91 Å². The van der Waals surface area contributed by atoms with Gasteiger partial charge in [-0.05, 0) is 81.1 Å². The van der Waals surface area contributed by atoms with Gasteiger partial charge in [0.15, 0.2) is 0 Å². The van der Waals surface area contributed by atoms with Crippen LogP contribution >= 0.6 is 10.9 Å². The molecule has 0 bridgehead atoms. The molecule has 0 spiro atoms. The monoisotopic (exact) mass is 646 g/mol. The van der Waals surface area contributed by atoms with E-state index in [2.05, 4.69) is 66.7 Å². The Bertz CT molecular complexity index is 2030. The SMILES string of the molecule is CS(=O)(=O)N1CCN(C(=O)c2cnc3ccc([SH](c4ccccc4)c4ccccc4)cc3c2-c2ccc(C3(C#N)CC3)cc2)CC1. The third-order valence-corrected chi connectivity index (χ3v) is 12.8. The van der Waals surface area contributed by atoms with Crippen LogP contribution in [0.25, 0.3) is 22.0 Å². The Kier molecular flexibility index (Phi) is 7.89. The van der Waals surface area contributed by atoms with Crippen LogP contribution in [0.15, 0.2) is 124 Å². The number of nitrogens with zero attached hydrogens (tertiary/aromatic N) is 4. The fourth-order valence-corrected chi connectivity index (χ4v) is 9.48. The number of aromatic nitrogens is 1. The topological polar surface area (TPSA) is 94.4 Å². The number of hydrogen-bond acceptors (Lipinski definition) is 5. The van der Waals surface area contributed by atoms with Crippen molar-refractivity contribution < 1.29 is 13.2 Å². The third kappa shape index (κ3) is 5.69. The van der Waals surface area contributed by atoms with E-state index in [0.29, 0.717) is 18.7 Å². The Morgan fingerprint density at radius 3 is 1.98 bits per heavy atom. The summed E-state index contributed by atoms with van der Waals surface area (Å²) in [7, 11) is -4.22. The molecule has 1 saturated carbocycles. The molecule has 7 rings (SSSR count). The molecule has 1 saturated heterocycles. The third-order valence-electron chi connectivity index (χ3n) is 9.05. The minimum atomic E-state index is -3.33. The van der Waals surface area contributed by atoms with Gasteiger partial charge in [-0.15, -0.1) is 0 Å². The first-order chi connectivity index (χ1) is 22.3. The average molecular weight is 647 g/mol. The van der Waals surface area contributed by atoms with Crippen molar-refractivity contribution in [2.45, 2.75) is 32.9 Å². The van der Waals surface area contributed by atoms with E-state index < -0.39 is 26.3 Å². The van der Waals surface area contributed by atoms with Crippen molar-refractivity contribution in [3.05, 3.63) is 120 Å². The first-order valence-electron chi connectivity index (χ1n) is 15.4. The van der Waals surface area contributed by atoms with Crippen molar-refractivity contribution in [3.8, 4) is 17.2 Å². The maximum Gasteiger partial charge on any atom is 0.256 e. The van der Waals surface area contributed by atoms with Crippen molar-refractivity contribution in [1.82, 2.24) is 14.2 Å². The molecule has 1 amide bonds. The second-order valence-electron chi connectivity index (χ2n) is 12.0. The van der Waals surface area contributed by atoms with Gasteiger partial charge in [-0.3, -0.25) is 9.78 Å². The Morgan fingerprint density at radius 1 is 0.826 bits per heavy atom. The lowest BCUT2D eigenvalue weighted by molar-refractivity contribution is 0.0699. The molecule has 9 heteroatoms. The average Bonchev–Trinajstić information content (AvgIpc) is 3.90. The molecular weight excluding hydrogens is 613 g/mol. The van der Waals surface area contributed by atoms with Gasteiger partial charge in [0.2, 0.25) is 10.0 Å². The fraction of sp³-hybridized carbons (Fsp3) is 0.216. The largest absolute Gasteiger partial charge is 0.336 e. The predicted molar refractivity (Wildman–Crippen MR) is 183 cm³/mol. The van der Waals surface area contributed by atoms with Gasteiger partial charge < -0.3 is 4.90 Å².